The average molecular weight is 442 g/mol. The van der Waals surface area contributed by atoms with E-state index in [4.69, 9.17) is 5.21 Å². The molecule has 3 rings (SSSR count). The first kappa shape index (κ1) is 23.0. The molecule has 0 radical (unpaired) electrons. The van der Waals surface area contributed by atoms with Crippen molar-refractivity contribution in [3.05, 3.63) is 59.7 Å². The minimum absolute atomic E-state index is 0.0585. The summed E-state index contributed by atoms with van der Waals surface area (Å²) < 4.78 is 22.4. The molecule has 0 spiro atoms. The molecule has 0 saturated heterocycles. The quantitative estimate of drug-likeness (QED) is 0.363. The Labute approximate surface area is 183 Å². The Kier molecular flexibility index (Phi) is 6.85. The van der Waals surface area contributed by atoms with Gasteiger partial charge < -0.3 is 5.11 Å². The zero-order chi connectivity index (χ0) is 22.6. The average Bonchev–Trinajstić information content (AvgIpc) is 2.73. The van der Waals surface area contributed by atoms with Crippen LogP contribution in [0.5, 0.6) is 0 Å². The summed E-state index contributed by atoms with van der Waals surface area (Å²) in [6, 6.07) is 15.7. The normalized spacial score (nSPS) is 20.0. The first-order valence-corrected chi connectivity index (χ1v) is 12.0. The molecule has 6 nitrogen and oxygen atoms in total. The molecule has 1 saturated carbocycles. The smallest absolute Gasteiger partial charge is 0.264 e. The van der Waals surface area contributed by atoms with Crippen molar-refractivity contribution in [1.29, 1.82) is 0 Å². The van der Waals surface area contributed by atoms with Crippen LogP contribution in [0, 0.1) is 17.8 Å². The third-order valence-electron chi connectivity index (χ3n) is 6.00. The Morgan fingerprint density at radius 3 is 2.13 bits per heavy atom. The summed E-state index contributed by atoms with van der Waals surface area (Å²) in [5.74, 6) is 5.70. The molecule has 2 aromatic rings. The standard InChI is InChI=1S/C24H27NO5S/c1-24(23(27)25-28,31(2,29)30)14-13-18-7-11-21(12-8-18)20-9-5-17(6-10-20)3-4-19-15-22(26)16-19/h5-12,19,22,26,28H,13-16H2,1-2H3,(H,25,27)/t19?,22?,24-/m1/s1. The predicted molar refractivity (Wildman–Crippen MR) is 119 cm³/mol. The zero-order valence-corrected chi connectivity index (χ0v) is 18.4. The monoisotopic (exact) mass is 441 g/mol. The zero-order valence-electron chi connectivity index (χ0n) is 17.6. The Morgan fingerprint density at radius 2 is 1.65 bits per heavy atom. The van der Waals surface area contributed by atoms with Gasteiger partial charge in [0.25, 0.3) is 5.91 Å². The minimum atomic E-state index is -3.71. The van der Waals surface area contributed by atoms with E-state index in [9.17, 15) is 18.3 Å². The number of hydrogen-bond acceptors (Lipinski definition) is 5. The third-order valence-corrected chi connectivity index (χ3v) is 8.02. The van der Waals surface area contributed by atoms with Crippen molar-refractivity contribution >= 4 is 15.7 Å². The van der Waals surface area contributed by atoms with Gasteiger partial charge in [-0.1, -0.05) is 48.2 Å². The number of rotatable bonds is 6. The SMILES string of the molecule is C[C@@](CCc1ccc(-c2ccc(C#CC3CC(O)C3)cc2)cc1)(C(=O)NO)S(C)(=O)=O. The van der Waals surface area contributed by atoms with E-state index in [-0.39, 0.29) is 18.4 Å². The molecular weight excluding hydrogens is 414 g/mol. The molecule has 164 valence electrons. The van der Waals surface area contributed by atoms with Crippen molar-refractivity contribution in [2.75, 3.05) is 6.26 Å². The number of carbonyl (C=O) groups excluding carboxylic acids is 1. The fourth-order valence-corrected chi connectivity index (χ4v) is 4.32. The molecule has 0 unspecified atom stereocenters. The van der Waals surface area contributed by atoms with Crippen LogP contribution in [-0.2, 0) is 21.1 Å². The van der Waals surface area contributed by atoms with Crippen LogP contribution in [-0.4, -0.2) is 41.7 Å². The van der Waals surface area contributed by atoms with Gasteiger partial charge in [0.15, 0.2) is 9.84 Å². The van der Waals surface area contributed by atoms with Gasteiger partial charge in [-0.2, -0.15) is 0 Å². The van der Waals surface area contributed by atoms with Gasteiger partial charge in [0, 0.05) is 17.7 Å². The van der Waals surface area contributed by atoms with E-state index in [0.29, 0.717) is 6.42 Å². The molecule has 1 aliphatic carbocycles. The Hall–Kier alpha value is -2.66. The van der Waals surface area contributed by atoms with Crippen LogP contribution in [0.4, 0.5) is 0 Å². The van der Waals surface area contributed by atoms with Crippen LogP contribution in [0.25, 0.3) is 11.1 Å². The van der Waals surface area contributed by atoms with Crippen LogP contribution in [0.3, 0.4) is 0 Å². The maximum atomic E-state index is 12.1. The van der Waals surface area contributed by atoms with Gasteiger partial charge in [0.1, 0.15) is 4.75 Å². The number of hydroxylamine groups is 1. The van der Waals surface area contributed by atoms with Gasteiger partial charge in [0.05, 0.1) is 6.10 Å². The fraction of sp³-hybridized carbons (Fsp3) is 0.375. The largest absolute Gasteiger partial charge is 0.393 e. The van der Waals surface area contributed by atoms with Crippen LogP contribution < -0.4 is 5.48 Å². The van der Waals surface area contributed by atoms with Gasteiger partial charge in [-0.3, -0.25) is 10.0 Å². The number of amides is 1. The molecule has 1 fully saturated rings. The highest BCUT2D eigenvalue weighted by Crippen LogP contribution is 2.27. The molecule has 31 heavy (non-hydrogen) atoms. The molecule has 1 amide bonds. The van der Waals surface area contributed by atoms with Crippen molar-refractivity contribution in [2.24, 2.45) is 5.92 Å². The molecule has 3 N–H and O–H groups in total. The maximum Gasteiger partial charge on any atom is 0.264 e. The third kappa shape index (κ3) is 5.34. The van der Waals surface area contributed by atoms with Crippen molar-refractivity contribution < 1.29 is 23.5 Å². The summed E-state index contributed by atoms with van der Waals surface area (Å²) in [7, 11) is -3.71. The van der Waals surface area contributed by atoms with Gasteiger partial charge in [0.2, 0.25) is 0 Å². The summed E-state index contributed by atoms with van der Waals surface area (Å²) in [4.78, 5) is 11.9. The van der Waals surface area contributed by atoms with E-state index in [1.54, 1.807) is 0 Å². The number of sulfone groups is 1. The second-order valence-electron chi connectivity index (χ2n) is 8.31. The Bertz CT molecular complexity index is 1090. The van der Waals surface area contributed by atoms with Gasteiger partial charge in [-0.15, -0.1) is 0 Å². The lowest BCUT2D eigenvalue weighted by atomic mass is 9.83. The first-order valence-electron chi connectivity index (χ1n) is 10.2. The van der Waals surface area contributed by atoms with Crippen LogP contribution in [0.1, 0.15) is 37.3 Å². The van der Waals surface area contributed by atoms with Crippen molar-refractivity contribution in [3.63, 3.8) is 0 Å². The highest BCUT2D eigenvalue weighted by atomic mass is 32.2. The molecule has 0 heterocycles. The highest BCUT2D eigenvalue weighted by molar-refractivity contribution is 7.92. The number of aliphatic hydroxyl groups excluding tert-OH is 1. The number of hydrogen-bond donors (Lipinski definition) is 3. The number of nitrogens with one attached hydrogen (secondary N) is 1. The van der Waals surface area contributed by atoms with Gasteiger partial charge >= 0.3 is 0 Å². The lowest BCUT2D eigenvalue weighted by molar-refractivity contribution is -0.131. The van der Waals surface area contributed by atoms with E-state index >= 15 is 0 Å². The summed E-state index contributed by atoms with van der Waals surface area (Å²) in [5, 5.41) is 18.2. The van der Waals surface area contributed by atoms with Crippen LogP contribution >= 0.6 is 0 Å². The highest BCUT2D eigenvalue weighted by Gasteiger charge is 2.43. The Morgan fingerprint density at radius 1 is 1.10 bits per heavy atom. The summed E-state index contributed by atoms with van der Waals surface area (Å²) in [6.07, 6.45) is 2.74. The number of carbonyl (C=O) groups is 1. The summed E-state index contributed by atoms with van der Waals surface area (Å²) in [5.41, 5.74) is 5.36. The van der Waals surface area contributed by atoms with Crippen molar-refractivity contribution in [1.82, 2.24) is 5.48 Å². The lowest BCUT2D eigenvalue weighted by Gasteiger charge is -2.26. The lowest BCUT2D eigenvalue weighted by Crippen LogP contribution is -2.49. The minimum Gasteiger partial charge on any atom is -0.393 e. The molecule has 0 aliphatic heterocycles. The van der Waals surface area contributed by atoms with E-state index in [1.165, 1.54) is 12.4 Å². The van der Waals surface area contributed by atoms with Gasteiger partial charge in [-0.05, 0) is 61.4 Å². The second kappa shape index (κ2) is 9.23. The Balaban J connectivity index is 1.65. The number of aliphatic hydroxyl groups is 1. The van der Waals surface area contributed by atoms with E-state index in [2.05, 4.69) is 11.8 Å². The van der Waals surface area contributed by atoms with E-state index in [0.717, 1.165) is 41.4 Å². The molecule has 1 aliphatic rings. The van der Waals surface area contributed by atoms with Crippen molar-refractivity contribution in [2.45, 2.75) is 43.5 Å². The van der Waals surface area contributed by atoms with E-state index in [1.807, 2.05) is 48.5 Å². The van der Waals surface area contributed by atoms with Crippen LogP contribution in [0.2, 0.25) is 0 Å². The topological polar surface area (TPSA) is 104 Å². The van der Waals surface area contributed by atoms with Crippen LogP contribution in [0.15, 0.2) is 48.5 Å². The molecule has 1 atom stereocenters. The fourth-order valence-electron chi connectivity index (χ4n) is 3.47. The molecule has 2 aromatic carbocycles. The predicted octanol–water partition coefficient (Wildman–Crippen LogP) is 2.72. The summed E-state index contributed by atoms with van der Waals surface area (Å²) >= 11 is 0. The molecular formula is C24H27NO5S. The molecule has 0 aromatic heterocycles. The van der Waals surface area contributed by atoms with Crippen molar-refractivity contribution in [3.8, 4) is 23.0 Å². The molecule has 7 heteroatoms. The van der Waals surface area contributed by atoms with Gasteiger partial charge in [-0.25, -0.2) is 13.9 Å². The first-order chi connectivity index (χ1) is 14.6. The second-order valence-corrected chi connectivity index (χ2v) is 10.8. The maximum absolute atomic E-state index is 12.1. The molecule has 0 bridgehead atoms. The number of benzene rings is 2. The summed E-state index contributed by atoms with van der Waals surface area (Å²) in [6.45, 7) is 1.32. The van der Waals surface area contributed by atoms with E-state index < -0.39 is 20.5 Å². The number of aryl methyl sites for hydroxylation is 1.